The molecule has 0 saturated heterocycles. The molecular formula is C14H5F5N2O2S. The van der Waals surface area contributed by atoms with Crippen molar-refractivity contribution < 1.29 is 31.5 Å². The molecule has 0 aliphatic carbocycles. The zero-order chi connectivity index (χ0) is 17.4. The van der Waals surface area contributed by atoms with Gasteiger partial charge in [-0.05, 0) is 17.7 Å². The fourth-order valence-corrected chi connectivity index (χ4v) is 2.56. The molecule has 10 heteroatoms. The van der Waals surface area contributed by atoms with Gasteiger partial charge in [0.05, 0.1) is 6.54 Å². The second kappa shape index (κ2) is 6.19. The van der Waals surface area contributed by atoms with Crippen LogP contribution in [0.2, 0.25) is 0 Å². The molecule has 0 bridgehead atoms. The minimum Gasteiger partial charge on any atom is -0.423 e. The van der Waals surface area contributed by atoms with E-state index in [1.165, 1.54) is 12.1 Å². The summed E-state index contributed by atoms with van der Waals surface area (Å²) in [5.41, 5.74) is -0.873. The summed E-state index contributed by atoms with van der Waals surface area (Å²) in [5, 5.41) is 3.77. The van der Waals surface area contributed by atoms with E-state index in [4.69, 9.17) is 4.74 Å². The van der Waals surface area contributed by atoms with Crippen molar-refractivity contribution in [3.8, 4) is 5.75 Å². The summed E-state index contributed by atoms with van der Waals surface area (Å²) >= 11 is 0.988. The van der Waals surface area contributed by atoms with E-state index in [0.717, 1.165) is 17.5 Å². The van der Waals surface area contributed by atoms with Gasteiger partial charge in [-0.2, -0.15) is 5.11 Å². The van der Waals surface area contributed by atoms with E-state index in [-0.39, 0.29) is 5.75 Å². The maximum Gasteiger partial charge on any atom is 0.349 e. The topological polar surface area (TPSA) is 51.0 Å². The standard InChI is InChI=1S/C14H5F5N2O2S/c15-9-8(10(16)12(18)13(19)11(9)17)14(22)23-6-2-1-5-4-20-21-24-7(5)3-6/h1-3H,4H2. The van der Waals surface area contributed by atoms with Gasteiger partial charge in [-0.1, -0.05) is 6.07 Å². The van der Waals surface area contributed by atoms with E-state index in [1.807, 2.05) is 0 Å². The Balaban J connectivity index is 1.94. The van der Waals surface area contributed by atoms with Crippen molar-refractivity contribution in [3.63, 3.8) is 0 Å². The molecule has 0 radical (unpaired) electrons. The van der Waals surface area contributed by atoms with Gasteiger partial charge in [0.1, 0.15) is 11.3 Å². The Morgan fingerprint density at radius 1 is 1.00 bits per heavy atom. The molecule has 24 heavy (non-hydrogen) atoms. The van der Waals surface area contributed by atoms with Crippen LogP contribution < -0.4 is 4.74 Å². The molecule has 0 aromatic heterocycles. The number of benzene rings is 2. The summed E-state index contributed by atoms with van der Waals surface area (Å²) in [6, 6.07) is 4.20. The Hall–Kier alpha value is -2.49. The highest BCUT2D eigenvalue weighted by Crippen LogP contribution is 2.33. The third-order valence-corrected chi connectivity index (χ3v) is 3.87. The Kier molecular flexibility index (Phi) is 4.22. The number of carbonyl (C=O) groups excluding carboxylic acids is 1. The maximum atomic E-state index is 13.6. The summed E-state index contributed by atoms with van der Waals surface area (Å²) in [7, 11) is 0. The smallest absolute Gasteiger partial charge is 0.349 e. The highest BCUT2D eigenvalue weighted by Gasteiger charge is 2.31. The average Bonchev–Trinajstić information content (AvgIpc) is 2.58. The molecule has 0 unspecified atom stereocenters. The molecule has 1 heterocycles. The lowest BCUT2D eigenvalue weighted by Crippen LogP contribution is -2.17. The lowest BCUT2D eigenvalue weighted by molar-refractivity contribution is 0.0720. The van der Waals surface area contributed by atoms with Crippen LogP contribution in [-0.2, 0) is 6.54 Å². The fraction of sp³-hybridized carbons (Fsp3) is 0.0714. The predicted octanol–water partition coefficient (Wildman–Crippen LogP) is 4.57. The van der Waals surface area contributed by atoms with Gasteiger partial charge in [-0.15, -0.1) is 4.52 Å². The number of fused-ring (bicyclic) bond motifs is 1. The van der Waals surface area contributed by atoms with Crippen molar-refractivity contribution in [3.05, 3.63) is 58.4 Å². The molecule has 3 rings (SSSR count). The van der Waals surface area contributed by atoms with Gasteiger partial charge in [0.15, 0.2) is 23.3 Å². The predicted molar refractivity (Wildman–Crippen MR) is 72.0 cm³/mol. The molecule has 0 fully saturated rings. The van der Waals surface area contributed by atoms with Crippen LogP contribution in [0.1, 0.15) is 15.9 Å². The van der Waals surface area contributed by atoms with Crippen LogP contribution in [0, 0.1) is 29.1 Å². The molecule has 0 N–H and O–H groups in total. The molecule has 0 amide bonds. The van der Waals surface area contributed by atoms with Crippen LogP contribution in [0.25, 0.3) is 0 Å². The van der Waals surface area contributed by atoms with E-state index in [9.17, 15) is 26.7 Å². The van der Waals surface area contributed by atoms with E-state index in [0.29, 0.717) is 11.4 Å². The van der Waals surface area contributed by atoms with Crippen LogP contribution >= 0.6 is 11.9 Å². The summed E-state index contributed by atoms with van der Waals surface area (Å²) in [6.07, 6.45) is 0. The number of carbonyl (C=O) groups is 1. The molecular weight excluding hydrogens is 355 g/mol. The van der Waals surface area contributed by atoms with Crippen molar-refractivity contribution in [2.24, 2.45) is 9.63 Å². The van der Waals surface area contributed by atoms with Crippen molar-refractivity contribution in [1.82, 2.24) is 0 Å². The zero-order valence-corrected chi connectivity index (χ0v) is 12.3. The first kappa shape index (κ1) is 16.4. The molecule has 0 saturated carbocycles. The Bertz CT molecular complexity index is 859. The van der Waals surface area contributed by atoms with Crippen molar-refractivity contribution >= 4 is 17.9 Å². The Morgan fingerprint density at radius 2 is 1.62 bits per heavy atom. The molecule has 2 aromatic rings. The first-order chi connectivity index (χ1) is 11.4. The number of ether oxygens (including phenoxy) is 1. The second-order valence-corrected chi connectivity index (χ2v) is 5.36. The lowest BCUT2D eigenvalue weighted by atomic mass is 10.1. The van der Waals surface area contributed by atoms with Crippen LogP contribution in [0.5, 0.6) is 5.75 Å². The van der Waals surface area contributed by atoms with Crippen molar-refractivity contribution in [2.45, 2.75) is 11.4 Å². The van der Waals surface area contributed by atoms with Gasteiger partial charge < -0.3 is 4.74 Å². The van der Waals surface area contributed by atoms with E-state index >= 15 is 0 Å². The van der Waals surface area contributed by atoms with Crippen molar-refractivity contribution in [2.75, 3.05) is 0 Å². The highest BCUT2D eigenvalue weighted by molar-refractivity contribution is 7.98. The summed E-state index contributed by atoms with van der Waals surface area (Å²) in [5.74, 6) is -13.1. The van der Waals surface area contributed by atoms with E-state index in [2.05, 4.69) is 9.63 Å². The minimum atomic E-state index is -2.35. The lowest BCUT2D eigenvalue weighted by Gasteiger charge is -2.11. The quantitative estimate of drug-likeness (QED) is 0.197. The molecule has 2 aromatic carbocycles. The number of hydrogen-bond donors (Lipinski definition) is 0. The van der Waals surface area contributed by atoms with Gasteiger partial charge >= 0.3 is 5.97 Å². The SMILES string of the molecule is O=C(Oc1ccc2c(c1)SN=NC2)c1c(F)c(F)c(F)c(F)c1F. The molecule has 1 aliphatic rings. The number of hydrogen-bond acceptors (Lipinski definition) is 5. The van der Waals surface area contributed by atoms with Crippen LogP contribution in [0.15, 0.2) is 32.7 Å². The Morgan fingerprint density at radius 3 is 2.29 bits per heavy atom. The van der Waals surface area contributed by atoms with Crippen molar-refractivity contribution in [1.29, 1.82) is 0 Å². The first-order valence-corrected chi connectivity index (χ1v) is 7.08. The largest absolute Gasteiger partial charge is 0.423 e. The third kappa shape index (κ3) is 2.73. The van der Waals surface area contributed by atoms with Gasteiger partial charge in [0, 0.05) is 16.8 Å². The summed E-state index contributed by atoms with van der Waals surface area (Å²) in [6.45, 7) is 0.314. The number of halogens is 5. The number of esters is 1. The van der Waals surface area contributed by atoms with Gasteiger partial charge in [0.25, 0.3) is 0 Å². The van der Waals surface area contributed by atoms with Gasteiger partial charge in [-0.3, -0.25) is 0 Å². The minimum absolute atomic E-state index is 0.132. The molecule has 124 valence electrons. The van der Waals surface area contributed by atoms with E-state index < -0.39 is 40.6 Å². The van der Waals surface area contributed by atoms with Crippen LogP contribution in [0.4, 0.5) is 22.0 Å². The third-order valence-electron chi connectivity index (χ3n) is 3.10. The summed E-state index contributed by atoms with van der Waals surface area (Å²) < 4.78 is 74.8. The zero-order valence-electron chi connectivity index (χ0n) is 11.4. The van der Waals surface area contributed by atoms with Crippen LogP contribution in [0.3, 0.4) is 0 Å². The van der Waals surface area contributed by atoms with Crippen LogP contribution in [-0.4, -0.2) is 5.97 Å². The summed E-state index contributed by atoms with van der Waals surface area (Å²) in [4.78, 5) is 12.4. The average molecular weight is 360 g/mol. The maximum absolute atomic E-state index is 13.6. The number of rotatable bonds is 2. The number of nitrogens with zero attached hydrogens (tertiary/aromatic N) is 2. The van der Waals surface area contributed by atoms with Gasteiger partial charge in [0.2, 0.25) is 5.82 Å². The normalized spacial score (nSPS) is 12.9. The Labute approximate surface area is 135 Å². The monoisotopic (exact) mass is 360 g/mol. The molecule has 1 aliphatic heterocycles. The fourth-order valence-electron chi connectivity index (χ4n) is 1.93. The van der Waals surface area contributed by atoms with Gasteiger partial charge in [-0.25, -0.2) is 26.7 Å². The van der Waals surface area contributed by atoms with E-state index in [1.54, 1.807) is 6.07 Å². The highest BCUT2D eigenvalue weighted by atomic mass is 32.2. The molecule has 0 atom stereocenters. The second-order valence-electron chi connectivity index (χ2n) is 4.58. The first-order valence-electron chi connectivity index (χ1n) is 6.30. The molecule has 4 nitrogen and oxygen atoms in total. The molecule has 0 spiro atoms.